The van der Waals surface area contributed by atoms with Crippen molar-refractivity contribution in [1.29, 1.82) is 0 Å². The van der Waals surface area contributed by atoms with Crippen molar-refractivity contribution in [2.24, 2.45) is 0 Å². The Hall–Kier alpha value is -3.37. The van der Waals surface area contributed by atoms with Crippen LogP contribution < -0.4 is 15.1 Å². The van der Waals surface area contributed by atoms with E-state index in [0.29, 0.717) is 75.3 Å². The van der Waals surface area contributed by atoms with E-state index in [-0.39, 0.29) is 17.2 Å². The quantitative estimate of drug-likeness (QED) is 0.441. The molecule has 2 heterocycles. The normalized spacial score (nSPS) is 16.1. The molecule has 0 saturated carbocycles. The average molecular weight is 516 g/mol. The summed E-state index contributed by atoms with van der Waals surface area (Å²) in [4.78, 5) is 42.1. The van der Waals surface area contributed by atoms with Crippen LogP contribution in [0.3, 0.4) is 0 Å². The van der Waals surface area contributed by atoms with Gasteiger partial charge in [0, 0.05) is 63.0 Å². The number of nitrogens with one attached hydrogen (secondary N) is 1. The zero-order valence-electron chi connectivity index (χ0n) is 20.2. The minimum atomic E-state index is -0.469. The molecule has 0 unspecified atom stereocenters. The third kappa shape index (κ3) is 5.88. The largest absolute Gasteiger partial charge is 0.378 e. The summed E-state index contributed by atoms with van der Waals surface area (Å²) in [6.07, 6.45) is 1.40. The van der Waals surface area contributed by atoms with Gasteiger partial charge in [-0.1, -0.05) is 18.5 Å². The summed E-state index contributed by atoms with van der Waals surface area (Å²) in [7, 11) is 0. The molecule has 1 N–H and O–H groups in total. The number of morpholine rings is 1. The van der Waals surface area contributed by atoms with Crippen molar-refractivity contribution in [2.75, 3.05) is 67.6 Å². The van der Waals surface area contributed by atoms with Gasteiger partial charge in [0.2, 0.25) is 5.91 Å². The van der Waals surface area contributed by atoms with E-state index in [9.17, 15) is 19.7 Å². The molecule has 10 nitrogen and oxygen atoms in total. The summed E-state index contributed by atoms with van der Waals surface area (Å²) >= 11 is 6.54. The fraction of sp³-hybridized carbons (Fsp3) is 0.440. The Bertz CT molecular complexity index is 1130. The lowest BCUT2D eigenvalue weighted by atomic mass is 10.1. The van der Waals surface area contributed by atoms with Gasteiger partial charge >= 0.3 is 0 Å². The van der Waals surface area contributed by atoms with Crippen LogP contribution in [0.15, 0.2) is 36.4 Å². The lowest BCUT2D eigenvalue weighted by molar-refractivity contribution is -0.384. The minimum Gasteiger partial charge on any atom is -0.378 e. The Morgan fingerprint density at radius 3 is 2.31 bits per heavy atom. The number of hydrogen-bond acceptors (Lipinski definition) is 7. The van der Waals surface area contributed by atoms with Gasteiger partial charge in [0.1, 0.15) is 5.69 Å². The van der Waals surface area contributed by atoms with E-state index in [2.05, 4.69) is 10.2 Å². The van der Waals surface area contributed by atoms with Crippen molar-refractivity contribution >= 4 is 46.2 Å². The number of amides is 2. The summed E-state index contributed by atoms with van der Waals surface area (Å²) in [6.45, 7) is 6.77. The van der Waals surface area contributed by atoms with Gasteiger partial charge < -0.3 is 24.8 Å². The van der Waals surface area contributed by atoms with Crippen LogP contribution in [-0.2, 0) is 9.53 Å². The number of carbonyl (C=O) groups excluding carboxylic acids is 2. The maximum Gasteiger partial charge on any atom is 0.293 e. The highest BCUT2D eigenvalue weighted by atomic mass is 35.5. The number of nitro benzene ring substituents is 1. The van der Waals surface area contributed by atoms with Gasteiger partial charge in [0.15, 0.2) is 0 Å². The first-order chi connectivity index (χ1) is 17.4. The van der Waals surface area contributed by atoms with E-state index in [0.717, 1.165) is 12.1 Å². The van der Waals surface area contributed by atoms with Gasteiger partial charge in [-0.15, -0.1) is 0 Å². The van der Waals surface area contributed by atoms with E-state index >= 15 is 0 Å². The summed E-state index contributed by atoms with van der Waals surface area (Å²) in [5.74, 6) is -0.280. The smallest absolute Gasteiger partial charge is 0.293 e. The molecule has 36 heavy (non-hydrogen) atoms. The SMILES string of the molecule is CCCC(=O)N1CCN(c2ccc(NC(=O)c3ccc(N4CCOCC4)c([N+](=O)[O-])c3)cc2Cl)CC1. The Balaban J connectivity index is 1.42. The first-order valence-corrected chi connectivity index (χ1v) is 12.5. The maximum absolute atomic E-state index is 12.9. The molecule has 2 amide bonds. The molecule has 0 aromatic heterocycles. The minimum absolute atomic E-state index is 0.116. The molecular formula is C25H30ClN5O5. The van der Waals surface area contributed by atoms with E-state index < -0.39 is 10.8 Å². The molecule has 2 aliphatic heterocycles. The molecule has 0 bridgehead atoms. The molecule has 0 atom stereocenters. The summed E-state index contributed by atoms with van der Waals surface area (Å²) in [5.41, 5.74) is 1.87. The number of piperazine rings is 1. The number of ether oxygens (including phenoxy) is 1. The van der Waals surface area contributed by atoms with Crippen LogP contribution in [0.2, 0.25) is 5.02 Å². The molecule has 2 aliphatic rings. The average Bonchev–Trinajstić information content (AvgIpc) is 2.89. The highest BCUT2D eigenvalue weighted by Gasteiger charge is 2.24. The van der Waals surface area contributed by atoms with E-state index in [1.54, 1.807) is 24.3 Å². The van der Waals surface area contributed by atoms with Crippen molar-refractivity contribution in [1.82, 2.24) is 4.90 Å². The van der Waals surface area contributed by atoms with Gasteiger partial charge in [-0.3, -0.25) is 19.7 Å². The summed E-state index contributed by atoms with van der Waals surface area (Å²) in [6, 6.07) is 9.76. The third-order valence-electron chi connectivity index (χ3n) is 6.43. The molecule has 0 radical (unpaired) electrons. The van der Waals surface area contributed by atoms with Gasteiger partial charge in [-0.05, 0) is 36.8 Å². The molecule has 0 spiro atoms. The van der Waals surface area contributed by atoms with Crippen molar-refractivity contribution < 1.29 is 19.2 Å². The van der Waals surface area contributed by atoms with Crippen LogP contribution in [0.5, 0.6) is 0 Å². The third-order valence-corrected chi connectivity index (χ3v) is 6.73. The second-order valence-electron chi connectivity index (χ2n) is 8.80. The highest BCUT2D eigenvalue weighted by Crippen LogP contribution is 2.32. The number of carbonyl (C=O) groups is 2. The second-order valence-corrected chi connectivity index (χ2v) is 9.21. The molecule has 2 fully saturated rings. The van der Waals surface area contributed by atoms with Gasteiger partial charge in [-0.25, -0.2) is 0 Å². The lowest BCUT2D eigenvalue weighted by Crippen LogP contribution is -2.48. The molecule has 4 rings (SSSR count). The Morgan fingerprint density at radius 1 is 1.00 bits per heavy atom. The Labute approximate surface area is 214 Å². The molecule has 0 aliphatic carbocycles. The molecule has 2 aromatic carbocycles. The number of nitrogens with zero attached hydrogens (tertiary/aromatic N) is 4. The van der Waals surface area contributed by atoms with Gasteiger partial charge in [0.05, 0.1) is 28.8 Å². The zero-order chi connectivity index (χ0) is 25.7. The van der Waals surface area contributed by atoms with Gasteiger partial charge in [0.25, 0.3) is 11.6 Å². The topological polar surface area (TPSA) is 108 Å². The van der Waals surface area contributed by atoms with Crippen LogP contribution in [0.25, 0.3) is 0 Å². The van der Waals surface area contributed by atoms with Crippen LogP contribution in [-0.4, -0.2) is 74.1 Å². The number of anilines is 3. The van der Waals surface area contributed by atoms with Crippen molar-refractivity contribution in [3.8, 4) is 0 Å². The number of rotatable bonds is 7. The fourth-order valence-electron chi connectivity index (χ4n) is 4.50. The molecule has 11 heteroatoms. The number of benzene rings is 2. The maximum atomic E-state index is 12.9. The molecular weight excluding hydrogens is 486 g/mol. The van der Waals surface area contributed by atoms with Crippen molar-refractivity contribution in [2.45, 2.75) is 19.8 Å². The first-order valence-electron chi connectivity index (χ1n) is 12.1. The number of nitro groups is 1. The monoisotopic (exact) mass is 515 g/mol. The predicted octanol–water partition coefficient (Wildman–Crippen LogP) is 3.79. The Morgan fingerprint density at radius 2 is 1.67 bits per heavy atom. The van der Waals surface area contributed by atoms with Crippen LogP contribution in [0.1, 0.15) is 30.1 Å². The van der Waals surface area contributed by atoms with E-state index in [4.69, 9.17) is 16.3 Å². The van der Waals surface area contributed by atoms with E-state index in [1.165, 1.54) is 6.07 Å². The summed E-state index contributed by atoms with van der Waals surface area (Å²) < 4.78 is 5.32. The zero-order valence-corrected chi connectivity index (χ0v) is 21.0. The molecule has 2 aromatic rings. The second kappa shape index (κ2) is 11.6. The van der Waals surface area contributed by atoms with E-state index in [1.807, 2.05) is 22.8 Å². The van der Waals surface area contributed by atoms with Gasteiger partial charge in [-0.2, -0.15) is 0 Å². The van der Waals surface area contributed by atoms with Crippen molar-refractivity contribution in [3.05, 3.63) is 57.1 Å². The van der Waals surface area contributed by atoms with Crippen LogP contribution in [0.4, 0.5) is 22.7 Å². The molecule has 192 valence electrons. The summed E-state index contributed by atoms with van der Waals surface area (Å²) in [5, 5.41) is 15.0. The van der Waals surface area contributed by atoms with Crippen molar-refractivity contribution in [3.63, 3.8) is 0 Å². The lowest BCUT2D eigenvalue weighted by Gasteiger charge is -2.36. The number of halogens is 1. The molecule has 2 saturated heterocycles. The highest BCUT2D eigenvalue weighted by molar-refractivity contribution is 6.33. The van der Waals surface area contributed by atoms with Crippen LogP contribution >= 0.6 is 11.6 Å². The standard InChI is InChI=1S/C25H30ClN5O5/c1-2-3-24(32)30-10-8-28(9-11-30)21-7-5-19(17-20(21)26)27-25(33)18-4-6-22(23(16-18)31(34)35)29-12-14-36-15-13-29/h4-7,16-17H,2-3,8-15H2,1H3,(H,27,33). The van der Waals surface area contributed by atoms with Crippen LogP contribution in [0, 0.1) is 10.1 Å². The predicted molar refractivity (Wildman–Crippen MR) is 139 cm³/mol. The first kappa shape index (κ1) is 25.7. The Kier molecular flexibility index (Phi) is 8.27. The fourth-order valence-corrected chi connectivity index (χ4v) is 4.80. The number of hydrogen-bond donors (Lipinski definition) is 1.